The third kappa shape index (κ3) is 2.22. The molecule has 0 saturated carbocycles. The smallest absolute Gasteiger partial charge is 0.320 e. The zero-order valence-corrected chi connectivity index (χ0v) is 7.21. The van der Waals surface area contributed by atoms with E-state index in [-0.39, 0.29) is 6.42 Å². The quantitative estimate of drug-likeness (QED) is 0.600. The fourth-order valence-corrected chi connectivity index (χ4v) is 0.899. The third-order valence-corrected chi connectivity index (χ3v) is 1.63. The first-order valence-electron chi connectivity index (χ1n) is 3.88. The van der Waals surface area contributed by atoms with Crippen LogP contribution in [-0.4, -0.2) is 37.3 Å². The Bertz CT molecular complexity index is 297. The number of rotatable bonds is 4. The van der Waals surface area contributed by atoms with E-state index in [9.17, 15) is 4.79 Å². The third-order valence-electron chi connectivity index (χ3n) is 1.63. The molecule has 0 aliphatic heterocycles. The van der Waals surface area contributed by atoms with Crippen molar-refractivity contribution in [1.82, 2.24) is 20.2 Å². The maximum absolute atomic E-state index is 10.4. The number of aryl methyl sites for hydroxylation is 1. The number of carbonyl (C=O) groups is 1. The van der Waals surface area contributed by atoms with E-state index in [0.717, 1.165) is 0 Å². The lowest BCUT2D eigenvalue weighted by molar-refractivity contribution is -0.138. The predicted molar refractivity (Wildman–Crippen MR) is 42.8 cm³/mol. The number of nitrogens with zero attached hydrogens (tertiary/aromatic N) is 4. The molecule has 7 nitrogen and oxygen atoms in total. The highest BCUT2D eigenvalue weighted by Gasteiger charge is 2.16. The Morgan fingerprint density at radius 1 is 1.77 bits per heavy atom. The van der Waals surface area contributed by atoms with E-state index in [0.29, 0.717) is 12.4 Å². The second kappa shape index (κ2) is 3.94. The molecule has 0 saturated heterocycles. The monoisotopic (exact) mass is 185 g/mol. The van der Waals surface area contributed by atoms with E-state index >= 15 is 0 Å². The van der Waals surface area contributed by atoms with E-state index in [2.05, 4.69) is 15.5 Å². The molecule has 1 atom stereocenters. The molecule has 13 heavy (non-hydrogen) atoms. The maximum atomic E-state index is 10.4. The molecule has 0 aliphatic rings. The second-order valence-corrected chi connectivity index (χ2v) is 2.56. The van der Waals surface area contributed by atoms with Crippen molar-refractivity contribution in [3.8, 4) is 0 Å². The molecule has 1 rings (SSSR count). The van der Waals surface area contributed by atoms with Gasteiger partial charge in [0.2, 0.25) is 0 Å². The molecule has 0 unspecified atom stereocenters. The molecule has 7 heteroatoms. The van der Waals surface area contributed by atoms with Crippen molar-refractivity contribution in [1.29, 1.82) is 0 Å². The van der Waals surface area contributed by atoms with Crippen molar-refractivity contribution >= 4 is 5.97 Å². The Hall–Kier alpha value is -1.50. The summed E-state index contributed by atoms with van der Waals surface area (Å²) in [6, 6.07) is -0.948. The van der Waals surface area contributed by atoms with E-state index in [1.807, 2.05) is 6.92 Å². The minimum absolute atomic E-state index is 0.149. The van der Waals surface area contributed by atoms with Gasteiger partial charge in [-0.2, -0.15) is 0 Å². The molecular formula is C6H11N5O2. The summed E-state index contributed by atoms with van der Waals surface area (Å²) in [5.74, 6) is -0.553. The lowest BCUT2D eigenvalue weighted by atomic mass is 10.2. The standard InChI is InChI=1S/C6H11N5O2/c1-2-11-5(8-9-10-11)3-4(7)6(12)13/h4H,2-3,7H2,1H3,(H,12,13)/t4-/m0/s1. The normalized spacial score (nSPS) is 12.8. The zero-order valence-electron chi connectivity index (χ0n) is 7.21. The van der Waals surface area contributed by atoms with Crippen LogP contribution < -0.4 is 5.73 Å². The number of hydrogen-bond acceptors (Lipinski definition) is 5. The van der Waals surface area contributed by atoms with Crippen LogP contribution in [-0.2, 0) is 17.8 Å². The topological polar surface area (TPSA) is 107 Å². The summed E-state index contributed by atoms with van der Waals surface area (Å²) in [4.78, 5) is 10.4. The van der Waals surface area contributed by atoms with Crippen LogP contribution in [0.4, 0.5) is 0 Å². The lowest BCUT2D eigenvalue weighted by Gasteiger charge is -2.04. The van der Waals surface area contributed by atoms with E-state index in [1.165, 1.54) is 4.68 Å². The summed E-state index contributed by atoms with van der Waals surface area (Å²) in [6.45, 7) is 2.47. The van der Waals surface area contributed by atoms with Crippen LogP contribution in [0.1, 0.15) is 12.7 Å². The molecule has 0 spiro atoms. The van der Waals surface area contributed by atoms with Gasteiger partial charge in [0.25, 0.3) is 0 Å². The van der Waals surface area contributed by atoms with Gasteiger partial charge in [-0.1, -0.05) is 0 Å². The number of aromatic nitrogens is 4. The van der Waals surface area contributed by atoms with Crippen LogP contribution in [0.3, 0.4) is 0 Å². The van der Waals surface area contributed by atoms with Gasteiger partial charge in [0.15, 0.2) is 5.82 Å². The number of carboxylic acid groups (broad SMARTS) is 1. The Morgan fingerprint density at radius 3 is 3.00 bits per heavy atom. The van der Waals surface area contributed by atoms with E-state index < -0.39 is 12.0 Å². The highest BCUT2D eigenvalue weighted by molar-refractivity contribution is 5.73. The van der Waals surface area contributed by atoms with Gasteiger partial charge >= 0.3 is 5.97 Å². The lowest BCUT2D eigenvalue weighted by Crippen LogP contribution is -2.33. The zero-order chi connectivity index (χ0) is 9.84. The minimum atomic E-state index is -1.05. The van der Waals surface area contributed by atoms with Crippen LogP contribution in [0.5, 0.6) is 0 Å². The molecule has 1 heterocycles. The van der Waals surface area contributed by atoms with Crippen molar-refractivity contribution in [2.45, 2.75) is 25.9 Å². The molecule has 1 aromatic heterocycles. The first kappa shape index (κ1) is 9.59. The molecule has 0 fully saturated rings. The van der Waals surface area contributed by atoms with Crippen LogP contribution >= 0.6 is 0 Å². The predicted octanol–water partition coefficient (Wildman–Crippen LogP) is -1.35. The fraction of sp³-hybridized carbons (Fsp3) is 0.667. The Balaban J connectivity index is 2.68. The molecule has 0 aromatic carbocycles. The highest BCUT2D eigenvalue weighted by atomic mass is 16.4. The fourth-order valence-electron chi connectivity index (χ4n) is 0.899. The van der Waals surface area contributed by atoms with Gasteiger partial charge in [0.1, 0.15) is 6.04 Å². The van der Waals surface area contributed by atoms with Gasteiger partial charge in [-0.05, 0) is 17.4 Å². The SMILES string of the molecule is CCn1nnnc1C[C@H](N)C(=O)O. The minimum Gasteiger partial charge on any atom is -0.480 e. The van der Waals surface area contributed by atoms with Crippen molar-refractivity contribution in [2.24, 2.45) is 5.73 Å². The number of hydrogen-bond donors (Lipinski definition) is 2. The average molecular weight is 185 g/mol. The number of nitrogens with two attached hydrogens (primary N) is 1. The Morgan fingerprint density at radius 2 is 2.46 bits per heavy atom. The van der Waals surface area contributed by atoms with Gasteiger partial charge < -0.3 is 10.8 Å². The number of aliphatic carboxylic acids is 1. The molecule has 0 bridgehead atoms. The van der Waals surface area contributed by atoms with Gasteiger partial charge in [-0.3, -0.25) is 4.79 Å². The molecule has 1 aromatic rings. The summed E-state index contributed by atoms with van der Waals surface area (Å²) in [5.41, 5.74) is 5.32. The highest BCUT2D eigenvalue weighted by Crippen LogP contribution is 1.96. The molecule has 0 aliphatic carbocycles. The van der Waals surface area contributed by atoms with Crippen molar-refractivity contribution in [2.75, 3.05) is 0 Å². The van der Waals surface area contributed by atoms with Crippen molar-refractivity contribution in [3.63, 3.8) is 0 Å². The molecule has 72 valence electrons. The Labute approximate surface area is 74.5 Å². The van der Waals surface area contributed by atoms with Crippen LogP contribution in [0.15, 0.2) is 0 Å². The van der Waals surface area contributed by atoms with Gasteiger partial charge in [0.05, 0.1) is 0 Å². The van der Waals surface area contributed by atoms with Crippen LogP contribution in [0.25, 0.3) is 0 Å². The summed E-state index contributed by atoms with van der Waals surface area (Å²) in [7, 11) is 0. The number of tetrazole rings is 1. The average Bonchev–Trinajstić information content (AvgIpc) is 2.51. The van der Waals surface area contributed by atoms with Crippen molar-refractivity contribution in [3.05, 3.63) is 5.82 Å². The second-order valence-electron chi connectivity index (χ2n) is 2.56. The van der Waals surface area contributed by atoms with Crippen LogP contribution in [0.2, 0.25) is 0 Å². The summed E-state index contributed by atoms with van der Waals surface area (Å²) in [5, 5.41) is 19.3. The first-order chi connectivity index (χ1) is 6.15. The molecular weight excluding hydrogens is 174 g/mol. The van der Waals surface area contributed by atoms with Crippen LogP contribution in [0, 0.1) is 0 Å². The van der Waals surface area contributed by atoms with Gasteiger partial charge in [-0.25, -0.2) is 4.68 Å². The van der Waals surface area contributed by atoms with Crippen molar-refractivity contribution < 1.29 is 9.90 Å². The maximum Gasteiger partial charge on any atom is 0.320 e. The molecule has 0 radical (unpaired) electrons. The first-order valence-corrected chi connectivity index (χ1v) is 3.88. The largest absolute Gasteiger partial charge is 0.480 e. The Kier molecular flexibility index (Phi) is 2.91. The molecule has 0 amide bonds. The van der Waals surface area contributed by atoms with Gasteiger partial charge in [-0.15, -0.1) is 5.10 Å². The molecule has 3 N–H and O–H groups in total. The summed E-state index contributed by atoms with van der Waals surface area (Å²) in [6.07, 6.45) is 0.149. The van der Waals surface area contributed by atoms with Gasteiger partial charge in [0, 0.05) is 13.0 Å². The van der Waals surface area contributed by atoms with E-state index in [4.69, 9.17) is 10.8 Å². The summed E-state index contributed by atoms with van der Waals surface area (Å²) < 4.78 is 1.52. The number of carboxylic acids is 1. The van der Waals surface area contributed by atoms with E-state index in [1.54, 1.807) is 0 Å². The summed E-state index contributed by atoms with van der Waals surface area (Å²) >= 11 is 0.